The molecule has 1 aliphatic carbocycles. The Hall–Kier alpha value is -0.340. The van der Waals surface area contributed by atoms with Crippen molar-refractivity contribution in [2.45, 2.75) is 18.6 Å². The molecule has 0 amide bonds. The van der Waals surface area contributed by atoms with Gasteiger partial charge in [0.05, 0.1) is 12.2 Å². The standard InChI is InChI=1S/C5H8O2/c6-4-1-2-5(7)3-4/h1-2,4-7H,3H2/t4-,5+. The van der Waals surface area contributed by atoms with E-state index in [1.165, 1.54) is 0 Å². The molecule has 0 bridgehead atoms. The van der Waals surface area contributed by atoms with E-state index in [0.29, 0.717) is 6.42 Å². The smallest absolute Gasteiger partial charge is 0.0749 e. The lowest BCUT2D eigenvalue weighted by molar-refractivity contribution is 0.151. The van der Waals surface area contributed by atoms with Gasteiger partial charge in [-0.05, 0) is 0 Å². The number of aliphatic hydroxyl groups is 2. The molecule has 0 spiro atoms. The van der Waals surface area contributed by atoms with Crippen molar-refractivity contribution in [1.29, 1.82) is 0 Å². The normalized spacial score (nSPS) is 39.7. The van der Waals surface area contributed by atoms with Crippen molar-refractivity contribution < 1.29 is 10.2 Å². The molecule has 2 nitrogen and oxygen atoms in total. The lowest BCUT2D eigenvalue weighted by atomic mass is 10.3. The highest BCUT2D eigenvalue weighted by molar-refractivity contribution is 5.02. The summed E-state index contributed by atoms with van der Waals surface area (Å²) in [6, 6.07) is 0. The minimum atomic E-state index is -0.407. The minimum absolute atomic E-state index is 0.407. The SMILES string of the molecule is O[C@@H]1C=C[C@H](O)C1. The van der Waals surface area contributed by atoms with Gasteiger partial charge >= 0.3 is 0 Å². The van der Waals surface area contributed by atoms with Crippen molar-refractivity contribution in [2.75, 3.05) is 0 Å². The molecule has 0 aromatic carbocycles. The van der Waals surface area contributed by atoms with E-state index in [1.807, 2.05) is 0 Å². The van der Waals surface area contributed by atoms with Crippen molar-refractivity contribution >= 4 is 0 Å². The number of aliphatic hydroxyl groups excluding tert-OH is 2. The van der Waals surface area contributed by atoms with Crippen LogP contribution in [0, 0.1) is 0 Å². The van der Waals surface area contributed by atoms with Crippen LogP contribution in [0.3, 0.4) is 0 Å². The van der Waals surface area contributed by atoms with Crippen LogP contribution in [0.5, 0.6) is 0 Å². The van der Waals surface area contributed by atoms with E-state index in [1.54, 1.807) is 12.2 Å². The van der Waals surface area contributed by atoms with E-state index in [0.717, 1.165) is 0 Å². The third kappa shape index (κ3) is 1.01. The summed E-state index contributed by atoms with van der Waals surface area (Å²) in [7, 11) is 0. The van der Waals surface area contributed by atoms with Crippen molar-refractivity contribution in [3.8, 4) is 0 Å². The van der Waals surface area contributed by atoms with E-state index < -0.39 is 12.2 Å². The zero-order valence-electron chi connectivity index (χ0n) is 3.91. The Balaban J connectivity index is 2.42. The number of hydrogen-bond donors (Lipinski definition) is 2. The van der Waals surface area contributed by atoms with Gasteiger partial charge in [-0.3, -0.25) is 0 Å². The molecule has 2 atom stereocenters. The summed E-state index contributed by atoms with van der Waals surface area (Å²) in [5.41, 5.74) is 0. The van der Waals surface area contributed by atoms with Gasteiger partial charge in [-0.1, -0.05) is 12.2 Å². The highest BCUT2D eigenvalue weighted by Crippen LogP contribution is 2.08. The fourth-order valence-corrected chi connectivity index (χ4v) is 0.661. The molecule has 0 aliphatic heterocycles. The lowest BCUT2D eigenvalue weighted by Crippen LogP contribution is -2.04. The van der Waals surface area contributed by atoms with E-state index in [-0.39, 0.29) is 0 Å². The fraction of sp³-hybridized carbons (Fsp3) is 0.600. The molecule has 0 heterocycles. The zero-order chi connectivity index (χ0) is 5.28. The average molecular weight is 100 g/mol. The van der Waals surface area contributed by atoms with Gasteiger partial charge in [0, 0.05) is 6.42 Å². The first-order valence-corrected chi connectivity index (χ1v) is 2.33. The summed E-state index contributed by atoms with van der Waals surface area (Å²) in [6.07, 6.45) is 2.86. The van der Waals surface area contributed by atoms with Crippen molar-refractivity contribution in [3.05, 3.63) is 12.2 Å². The molecule has 0 saturated heterocycles. The molecule has 0 unspecified atom stereocenters. The van der Waals surface area contributed by atoms with Crippen LogP contribution >= 0.6 is 0 Å². The Bertz CT molecular complexity index is 78.1. The fourth-order valence-electron chi connectivity index (χ4n) is 0.661. The van der Waals surface area contributed by atoms with Gasteiger partial charge < -0.3 is 10.2 Å². The first-order valence-electron chi connectivity index (χ1n) is 2.33. The summed E-state index contributed by atoms with van der Waals surface area (Å²) >= 11 is 0. The molecule has 0 radical (unpaired) electrons. The summed E-state index contributed by atoms with van der Waals surface area (Å²) in [6.45, 7) is 0. The van der Waals surface area contributed by atoms with E-state index in [4.69, 9.17) is 10.2 Å². The first-order chi connectivity index (χ1) is 3.29. The highest BCUT2D eigenvalue weighted by atomic mass is 16.3. The van der Waals surface area contributed by atoms with Crippen LogP contribution in [-0.2, 0) is 0 Å². The van der Waals surface area contributed by atoms with Crippen LogP contribution < -0.4 is 0 Å². The molecule has 2 heteroatoms. The van der Waals surface area contributed by atoms with Gasteiger partial charge in [-0.15, -0.1) is 0 Å². The Morgan fingerprint density at radius 2 is 1.57 bits per heavy atom. The molecule has 0 aromatic heterocycles. The molecule has 7 heavy (non-hydrogen) atoms. The number of hydrogen-bond acceptors (Lipinski definition) is 2. The van der Waals surface area contributed by atoms with Crippen molar-refractivity contribution in [1.82, 2.24) is 0 Å². The van der Waals surface area contributed by atoms with Gasteiger partial charge in [-0.2, -0.15) is 0 Å². The molecule has 0 fully saturated rings. The van der Waals surface area contributed by atoms with Gasteiger partial charge in [-0.25, -0.2) is 0 Å². The molecule has 40 valence electrons. The van der Waals surface area contributed by atoms with Crippen LogP contribution in [0.1, 0.15) is 6.42 Å². The predicted molar refractivity (Wildman–Crippen MR) is 25.8 cm³/mol. The van der Waals surface area contributed by atoms with Gasteiger partial charge in [0.2, 0.25) is 0 Å². The molecule has 1 aliphatic rings. The monoisotopic (exact) mass is 100 g/mol. The summed E-state index contributed by atoms with van der Waals surface area (Å²) < 4.78 is 0. The molecule has 2 N–H and O–H groups in total. The van der Waals surface area contributed by atoms with Gasteiger partial charge in [0.15, 0.2) is 0 Å². The molecule has 0 saturated carbocycles. The van der Waals surface area contributed by atoms with E-state index in [9.17, 15) is 0 Å². The third-order valence-electron chi connectivity index (χ3n) is 1.04. The second kappa shape index (κ2) is 1.64. The van der Waals surface area contributed by atoms with E-state index >= 15 is 0 Å². The molecular weight excluding hydrogens is 92.1 g/mol. The topological polar surface area (TPSA) is 40.5 Å². The van der Waals surface area contributed by atoms with Crippen LogP contribution in [0.4, 0.5) is 0 Å². The summed E-state index contributed by atoms with van der Waals surface area (Å²) in [4.78, 5) is 0. The van der Waals surface area contributed by atoms with Crippen LogP contribution in [0.25, 0.3) is 0 Å². The maximum atomic E-state index is 8.65. The highest BCUT2D eigenvalue weighted by Gasteiger charge is 2.11. The van der Waals surface area contributed by atoms with Gasteiger partial charge in [0.1, 0.15) is 0 Å². The molecule has 0 aromatic rings. The lowest BCUT2D eigenvalue weighted by Gasteiger charge is -1.96. The third-order valence-corrected chi connectivity index (χ3v) is 1.04. The minimum Gasteiger partial charge on any atom is -0.389 e. The first kappa shape index (κ1) is 4.81. The Morgan fingerprint density at radius 3 is 1.71 bits per heavy atom. The maximum absolute atomic E-state index is 8.65. The summed E-state index contributed by atoms with van der Waals surface area (Å²) in [5, 5.41) is 17.3. The quantitative estimate of drug-likeness (QED) is 0.409. The second-order valence-corrected chi connectivity index (χ2v) is 1.76. The second-order valence-electron chi connectivity index (χ2n) is 1.76. The zero-order valence-corrected chi connectivity index (χ0v) is 3.91. The van der Waals surface area contributed by atoms with Gasteiger partial charge in [0.25, 0.3) is 0 Å². The Kier molecular flexibility index (Phi) is 1.13. The molecule has 1 rings (SSSR count). The molecular formula is C5H8O2. The number of rotatable bonds is 0. The van der Waals surface area contributed by atoms with Crippen LogP contribution in [-0.4, -0.2) is 22.4 Å². The summed E-state index contributed by atoms with van der Waals surface area (Å²) in [5.74, 6) is 0. The Morgan fingerprint density at radius 1 is 1.14 bits per heavy atom. The van der Waals surface area contributed by atoms with Crippen LogP contribution in [0.2, 0.25) is 0 Å². The van der Waals surface area contributed by atoms with Crippen molar-refractivity contribution in [3.63, 3.8) is 0 Å². The van der Waals surface area contributed by atoms with Crippen LogP contribution in [0.15, 0.2) is 12.2 Å². The van der Waals surface area contributed by atoms with E-state index in [2.05, 4.69) is 0 Å². The predicted octanol–water partition coefficient (Wildman–Crippen LogP) is -0.332. The maximum Gasteiger partial charge on any atom is 0.0749 e. The van der Waals surface area contributed by atoms with Crippen molar-refractivity contribution in [2.24, 2.45) is 0 Å². The Labute approximate surface area is 42.1 Å². The largest absolute Gasteiger partial charge is 0.389 e. The average Bonchev–Trinajstić information content (AvgIpc) is 1.87.